The van der Waals surface area contributed by atoms with Gasteiger partial charge in [-0.05, 0) is 5.41 Å². The molecule has 1 saturated heterocycles. The number of rotatable bonds is 5. The van der Waals surface area contributed by atoms with E-state index in [-0.39, 0.29) is 11.4 Å². The van der Waals surface area contributed by atoms with Crippen LogP contribution in [0.5, 0.6) is 0 Å². The third-order valence-electron chi connectivity index (χ3n) is 4.27. The molecule has 8 heteroatoms. The van der Waals surface area contributed by atoms with Crippen molar-refractivity contribution in [1.82, 2.24) is 24.4 Å². The van der Waals surface area contributed by atoms with E-state index in [1.165, 1.54) is 0 Å². The maximum absolute atomic E-state index is 12.5. The second-order valence-electron chi connectivity index (χ2n) is 7.32. The van der Waals surface area contributed by atoms with Crippen molar-refractivity contribution < 1.29 is 9.53 Å². The number of carbonyl (C=O) groups is 1. The lowest BCUT2D eigenvalue weighted by Gasteiger charge is -2.37. The molecule has 2 aromatic heterocycles. The first-order chi connectivity index (χ1) is 11.9. The van der Waals surface area contributed by atoms with Crippen molar-refractivity contribution in [3.05, 3.63) is 24.7 Å². The van der Waals surface area contributed by atoms with Crippen LogP contribution in [0.3, 0.4) is 0 Å². The van der Waals surface area contributed by atoms with E-state index in [1.54, 1.807) is 28.0 Å². The molecule has 136 valence electrons. The van der Waals surface area contributed by atoms with Crippen LogP contribution in [0.1, 0.15) is 13.8 Å². The van der Waals surface area contributed by atoms with Crippen LogP contribution in [-0.2, 0) is 4.74 Å². The normalized spacial score (nSPS) is 16.1. The van der Waals surface area contributed by atoms with Gasteiger partial charge in [-0.25, -0.2) is 14.3 Å². The SMILES string of the molecule is CN(CC(C)(C)CN1CCOCC1)C(=O)Nc1cnc2ccnn2c1. The molecule has 3 rings (SSSR count). The fourth-order valence-electron chi connectivity index (χ4n) is 3.22. The first kappa shape index (κ1) is 17.6. The quantitative estimate of drug-likeness (QED) is 0.889. The van der Waals surface area contributed by atoms with Crippen LogP contribution < -0.4 is 5.32 Å². The minimum absolute atomic E-state index is 0.00633. The van der Waals surface area contributed by atoms with E-state index < -0.39 is 0 Å². The van der Waals surface area contributed by atoms with Gasteiger partial charge in [0.2, 0.25) is 0 Å². The topological polar surface area (TPSA) is 75.0 Å². The van der Waals surface area contributed by atoms with E-state index in [4.69, 9.17) is 4.74 Å². The minimum atomic E-state index is -0.150. The van der Waals surface area contributed by atoms with E-state index in [2.05, 4.69) is 34.1 Å². The van der Waals surface area contributed by atoms with Crippen LogP contribution in [0.2, 0.25) is 0 Å². The van der Waals surface area contributed by atoms with Crippen LogP contribution in [0.4, 0.5) is 10.5 Å². The summed E-state index contributed by atoms with van der Waals surface area (Å²) in [6, 6.07) is 1.66. The average molecular weight is 346 g/mol. The van der Waals surface area contributed by atoms with E-state index in [0.29, 0.717) is 12.2 Å². The molecule has 8 nitrogen and oxygen atoms in total. The van der Waals surface area contributed by atoms with Gasteiger partial charge >= 0.3 is 6.03 Å². The summed E-state index contributed by atoms with van der Waals surface area (Å²) in [5.41, 5.74) is 1.37. The van der Waals surface area contributed by atoms with Gasteiger partial charge in [-0.15, -0.1) is 0 Å². The number of nitrogens with zero attached hydrogens (tertiary/aromatic N) is 5. The van der Waals surface area contributed by atoms with Crippen LogP contribution in [0.15, 0.2) is 24.7 Å². The lowest BCUT2D eigenvalue weighted by molar-refractivity contribution is 0.0182. The zero-order valence-corrected chi connectivity index (χ0v) is 15.1. The molecule has 0 aromatic carbocycles. The third kappa shape index (κ3) is 4.67. The largest absolute Gasteiger partial charge is 0.379 e. The standard InChI is InChI=1S/C17H26N6O2/c1-17(2,13-22-6-8-25-9-7-22)12-21(3)16(24)20-14-10-18-15-4-5-19-23(15)11-14/h4-5,10-11H,6-9,12-13H2,1-3H3,(H,20,24). The second-order valence-corrected chi connectivity index (χ2v) is 7.32. The lowest BCUT2D eigenvalue weighted by Crippen LogP contribution is -2.47. The van der Waals surface area contributed by atoms with Gasteiger partial charge in [-0.1, -0.05) is 13.8 Å². The minimum Gasteiger partial charge on any atom is -0.379 e. The number of anilines is 1. The lowest BCUT2D eigenvalue weighted by atomic mass is 9.92. The third-order valence-corrected chi connectivity index (χ3v) is 4.27. The number of fused-ring (bicyclic) bond motifs is 1. The van der Waals surface area contributed by atoms with Crippen LogP contribution >= 0.6 is 0 Å². The van der Waals surface area contributed by atoms with Crippen molar-refractivity contribution in [2.75, 3.05) is 51.8 Å². The Hall–Kier alpha value is -2.19. The predicted molar refractivity (Wildman–Crippen MR) is 95.7 cm³/mol. The van der Waals surface area contributed by atoms with E-state index in [0.717, 1.165) is 38.5 Å². The van der Waals surface area contributed by atoms with Crippen molar-refractivity contribution in [2.24, 2.45) is 5.41 Å². The molecule has 1 N–H and O–H groups in total. The first-order valence-electron chi connectivity index (χ1n) is 8.55. The van der Waals surface area contributed by atoms with Gasteiger partial charge in [0.15, 0.2) is 5.65 Å². The number of nitrogens with one attached hydrogen (secondary N) is 1. The van der Waals surface area contributed by atoms with E-state index >= 15 is 0 Å². The summed E-state index contributed by atoms with van der Waals surface area (Å²) >= 11 is 0. The number of carbonyl (C=O) groups excluding carboxylic acids is 1. The monoisotopic (exact) mass is 346 g/mol. The van der Waals surface area contributed by atoms with Gasteiger partial charge in [-0.3, -0.25) is 4.90 Å². The van der Waals surface area contributed by atoms with Crippen LogP contribution in [-0.4, -0.2) is 76.9 Å². The van der Waals surface area contributed by atoms with Gasteiger partial charge in [0.25, 0.3) is 0 Å². The Balaban J connectivity index is 1.55. The highest BCUT2D eigenvalue weighted by molar-refractivity contribution is 5.88. The maximum Gasteiger partial charge on any atom is 0.321 e. The average Bonchev–Trinajstić information content (AvgIpc) is 3.02. The van der Waals surface area contributed by atoms with Crippen molar-refractivity contribution in [1.29, 1.82) is 0 Å². The van der Waals surface area contributed by atoms with Gasteiger partial charge < -0.3 is 15.0 Å². The molecule has 0 radical (unpaired) electrons. The molecule has 0 atom stereocenters. The van der Waals surface area contributed by atoms with Crippen LogP contribution in [0.25, 0.3) is 5.65 Å². The summed E-state index contributed by atoms with van der Waals surface area (Å²) < 4.78 is 7.03. The molecule has 25 heavy (non-hydrogen) atoms. The summed E-state index contributed by atoms with van der Waals surface area (Å²) in [6.07, 6.45) is 5.07. The van der Waals surface area contributed by atoms with Gasteiger partial charge in [0, 0.05) is 39.3 Å². The Morgan fingerprint density at radius 1 is 1.40 bits per heavy atom. The molecule has 1 aliphatic rings. The first-order valence-corrected chi connectivity index (χ1v) is 8.55. The molecule has 0 saturated carbocycles. The number of morpholine rings is 1. The Kier molecular flexibility index (Phi) is 5.19. The molecule has 2 aromatic rings. The maximum atomic E-state index is 12.5. The number of aromatic nitrogens is 3. The number of hydrogen-bond donors (Lipinski definition) is 1. The smallest absolute Gasteiger partial charge is 0.321 e. The molecular weight excluding hydrogens is 320 g/mol. The number of ether oxygens (including phenoxy) is 1. The zero-order valence-electron chi connectivity index (χ0n) is 15.1. The summed E-state index contributed by atoms with van der Waals surface area (Å²) in [7, 11) is 1.82. The number of hydrogen-bond acceptors (Lipinski definition) is 5. The highest BCUT2D eigenvalue weighted by Crippen LogP contribution is 2.20. The van der Waals surface area contributed by atoms with Gasteiger partial charge in [-0.2, -0.15) is 5.10 Å². The Bertz CT molecular complexity index is 723. The van der Waals surface area contributed by atoms with E-state index in [1.807, 2.05) is 13.1 Å². The second kappa shape index (κ2) is 7.37. The number of urea groups is 1. The molecule has 0 bridgehead atoms. The number of amides is 2. The van der Waals surface area contributed by atoms with Crippen molar-refractivity contribution in [2.45, 2.75) is 13.8 Å². The summed E-state index contributed by atoms with van der Waals surface area (Å²) in [5.74, 6) is 0. The van der Waals surface area contributed by atoms with Crippen molar-refractivity contribution in [3.63, 3.8) is 0 Å². The van der Waals surface area contributed by atoms with Gasteiger partial charge in [0.05, 0.1) is 37.5 Å². The Labute approximate surface area is 147 Å². The summed E-state index contributed by atoms with van der Waals surface area (Å²) in [6.45, 7) is 9.45. The Morgan fingerprint density at radius 3 is 2.92 bits per heavy atom. The van der Waals surface area contributed by atoms with E-state index in [9.17, 15) is 4.79 Å². The highest BCUT2D eigenvalue weighted by Gasteiger charge is 2.26. The zero-order chi connectivity index (χ0) is 17.9. The molecule has 1 fully saturated rings. The predicted octanol–water partition coefficient (Wildman–Crippen LogP) is 1.55. The van der Waals surface area contributed by atoms with Crippen LogP contribution in [0, 0.1) is 5.41 Å². The Morgan fingerprint density at radius 2 is 2.16 bits per heavy atom. The molecule has 2 amide bonds. The fraction of sp³-hybridized carbons (Fsp3) is 0.588. The molecule has 0 aliphatic carbocycles. The highest BCUT2D eigenvalue weighted by atomic mass is 16.5. The molecule has 1 aliphatic heterocycles. The molecular formula is C17H26N6O2. The van der Waals surface area contributed by atoms with Gasteiger partial charge in [0.1, 0.15) is 0 Å². The molecule has 0 unspecified atom stereocenters. The molecule has 0 spiro atoms. The molecule has 3 heterocycles. The fourth-order valence-corrected chi connectivity index (χ4v) is 3.22. The van der Waals surface area contributed by atoms with Crippen molar-refractivity contribution >= 4 is 17.4 Å². The summed E-state index contributed by atoms with van der Waals surface area (Å²) in [5, 5.41) is 7.01. The van der Waals surface area contributed by atoms with Crippen molar-refractivity contribution in [3.8, 4) is 0 Å². The summed E-state index contributed by atoms with van der Waals surface area (Å²) in [4.78, 5) is 20.8.